The van der Waals surface area contributed by atoms with Gasteiger partial charge in [0.05, 0.1) is 34.8 Å². The Bertz CT molecular complexity index is 1310. The summed E-state index contributed by atoms with van der Waals surface area (Å²) in [6, 6.07) is 12.1. The van der Waals surface area contributed by atoms with Crippen LogP contribution in [0.2, 0.25) is 0 Å². The Balaban J connectivity index is 1.94. The van der Waals surface area contributed by atoms with E-state index in [4.69, 9.17) is 0 Å². The molecule has 3 N–H and O–H groups in total. The first kappa shape index (κ1) is 26.7. The molecule has 3 rings (SSSR count). The maximum Gasteiger partial charge on any atom is 0.326 e. The Kier molecular flexibility index (Phi) is 8.00. The summed E-state index contributed by atoms with van der Waals surface area (Å²) in [6.45, 7) is 9.36. The first-order chi connectivity index (χ1) is 17.0. The van der Waals surface area contributed by atoms with Crippen LogP contribution in [0.1, 0.15) is 51.7 Å². The molecule has 0 spiro atoms. The van der Waals surface area contributed by atoms with Crippen molar-refractivity contribution < 1.29 is 14.7 Å². The van der Waals surface area contributed by atoms with Crippen LogP contribution in [0.5, 0.6) is 0 Å². The maximum atomic E-state index is 12.9. The zero-order valence-electron chi connectivity index (χ0n) is 21.7. The molecule has 36 heavy (non-hydrogen) atoms. The molecule has 3 aromatic rings. The van der Waals surface area contributed by atoms with Gasteiger partial charge in [-0.1, -0.05) is 19.9 Å². The van der Waals surface area contributed by atoms with E-state index in [0.29, 0.717) is 28.0 Å². The van der Waals surface area contributed by atoms with Gasteiger partial charge in [-0.25, -0.2) is 9.78 Å². The zero-order valence-corrected chi connectivity index (χ0v) is 21.7. The third-order valence-corrected chi connectivity index (χ3v) is 6.17. The van der Waals surface area contributed by atoms with E-state index in [0.717, 1.165) is 18.4 Å². The molecule has 0 aliphatic rings. The minimum Gasteiger partial charge on any atom is -0.389 e. The second-order valence-corrected chi connectivity index (χ2v) is 9.64. The van der Waals surface area contributed by atoms with Crippen LogP contribution in [0.3, 0.4) is 0 Å². The summed E-state index contributed by atoms with van der Waals surface area (Å²) < 4.78 is 1.73. The van der Waals surface area contributed by atoms with Gasteiger partial charge in [0, 0.05) is 24.3 Å². The number of nitriles is 1. The molecule has 0 fully saturated rings. The summed E-state index contributed by atoms with van der Waals surface area (Å²) in [5, 5.41) is 25.2. The lowest BCUT2D eigenvalue weighted by molar-refractivity contribution is -0.122. The van der Waals surface area contributed by atoms with E-state index in [1.165, 1.54) is 0 Å². The number of benzene rings is 2. The molecule has 9 nitrogen and oxygen atoms in total. The lowest BCUT2D eigenvalue weighted by atomic mass is 10.0. The normalized spacial score (nSPS) is 11.4. The van der Waals surface area contributed by atoms with Crippen LogP contribution >= 0.6 is 0 Å². The number of aliphatic hydroxyl groups is 1. The lowest BCUT2D eigenvalue weighted by Crippen LogP contribution is -2.32. The highest BCUT2D eigenvalue weighted by atomic mass is 16.3. The number of nitrogens with one attached hydrogen (secondary N) is 2. The van der Waals surface area contributed by atoms with Gasteiger partial charge in [0.2, 0.25) is 11.9 Å². The molecule has 0 saturated heterocycles. The van der Waals surface area contributed by atoms with Crippen LogP contribution in [-0.4, -0.2) is 39.2 Å². The molecular weight excluding hydrogens is 456 g/mol. The molecule has 0 saturated carbocycles. The van der Waals surface area contributed by atoms with Gasteiger partial charge in [-0.2, -0.15) is 5.26 Å². The molecule has 0 atom stereocenters. The first-order valence-corrected chi connectivity index (χ1v) is 12.1. The van der Waals surface area contributed by atoms with Gasteiger partial charge >= 0.3 is 6.03 Å². The summed E-state index contributed by atoms with van der Waals surface area (Å²) in [7, 11) is 1.75. The lowest BCUT2D eigenvalue weighted by Gasteiger charge is -2.23. The highest BCUT2D eigenvalue weighted by Gasteiger charge is 2.23. The summed E-state index contributed by atoms with van der Waals surface area (Å²) >= 11 is 0. The highest BCUT2D eigenvalue weighted by molar-refractivity contribution is 6.00. The average Bonchev–Trinajstić information content (AvgIpc) is 3.14. The number of nitrogens with zero attached hydrogens (tertiary/aromatic N) is 4. The number of urea groups is 1. The van der Waals surface area contributed by atoms with Gasteiger partial charge < -0.3 is 19.9 Å². The van der Waals surface area contributed by atoms with E-state index >= 15 is 0 Å². The summed E-state index contributed by atoms with van der Waals surface area (Å²) in [5.41, 5.74) is 2.69. The Morgan fingerprint density at radius 1 is 1.17 bits per heavy atom. The minimum absolute atomic E-state index is 0.0443. The SMILES string of the molecule is CCC(CC)C(=O)N(C)c1ccc2c(c1)nc(NC(=O)Nc1ccc(C)c(C#N)c1)n2CC(C)(C)O. The Morgan fingerprint density at radius 3 is 2.47 bits per heavy atom. The Labute approximate surface area is 211 Å². The predicted molar refractivity (Wildman–Crippen MR) is 142 cm³/mol. The standard InChI is InChI=1S/C27H34N6O3/c1-7-18(8-2)24(34)32(6)21-11-12-23-22(14-21)30-25(33(23)16-27(4,5)36)31-26(35)29-20-10-9-17(3)19(13-20)15-28/h9-14,18,36H,7-8,16H2,1-6H3,(H2,29,30,31,35). The number of anilines is 3. The van der Waals surface area contributed by atoms with Crippen molar-refractivity contribution in [2.24, 2.45) is 5.92 Å². The average molecular weight is 491 g/mol. The molecule has 3 amide bonds. The van der Waals surface area contributed by atoms with Crippen molar-refractivity contribution in [1.29, 1.82) is 5.26 Å². The van der Waals surface area contributed by atoms with E-state index in [9.17, 15) is 20.0 Å². The van der Waals surface area contributed by atoms with Crippen molar-refractivity contribution in [2.45, 2.75) is 59.6 Å². The van der Waals surface area contributed by atoms with Gasteiger partial charge in [-0.15, -0.1) is 0 Å². The quantitative estimate of drug-likeness (QED) is 0.409. The number of rotatable bonds is 8. The number of aromatic nitrogens is 2. The molecule has 2 aromatic carbocycles. The highest BCUT2D eigenvalue weighted by Crippen LogP contribution is 2.28. The Hall–Kier alpha value is -3.90. The fourth-order valence-corrected chi connectivity index (χ4v) is 4.09. The van der Waals surface area contributed by atoms with Crippen LogP contribution in [0.15, 0.2) is 36.4 Å². The second-order valence-electron chi connectivity index (χ2n) is 9.64. The minimum atomic E-state index is -1.07. The molecule has 190 valence electrons. The van der Waals surface area contributed by atoms with E-state index < -0.39 is 11.6 Å². The van der Waals surface area contributed by atoms with Crippen molar-refractivity contribution in [3.63, 3.8) is 0 Å². The molecular formula is C27H34N6O3. The number of carbonyl (C=O) groups excluding carboxylic acids is 2. The summed E-state index contributed by atoms with van der Waals surface area (Å²) in [6.07, 6.45) is 1.53. The zero-order chi connectivity index (χ0) is 26.6. The topological polar surface area (TPSA) is 123 Å². The number of hydrogen-bond acceptors (Lipinski definition) is 5. The van der Waals surface area contributed by atoms with Crippen LogP contribution in [-0.2, 0) is 11.3 Å². The van der Waals surface area contributed by atoms with Gasteiger partial charge in [-0.3, -0.25) is 10.1 Å². The van der Waals surface area contributed by atoms with Gasteiger partial charge in [0.25, 0.3) is 0 Å². The fourth-order valence-electron chi connectivity index (χ4n) is 4.09. The number of carbonyl (C=O) groups is 2. The number of aryl methyl sites for hydroxylation is 1. The monoisotopic (exact) mass is 490 g/mol. The first-order valence-electron chi connectivity index (χ1n) is 12.1. The fraction of sp³-hybridized carbons (Fsp3) is 0.407. The molecule has 0 aliphatic carbocycles. The molecule has 0 unspecified atom stereocenters. The molecule has 0 radical (unpaired) electrons. The number of imidazole rings is 1. The number of fused-ring (bicyclic) bond motifs is 1. The van der Waals surface area contributed by atoms with Gasteiger partial charge in [0.15, 0.2) is 0 Å². The third kappa shape index (κ3) is 6.01. The number of hydrogen-bond donors (Lipinski definition) is 3. The molecule has 1 heterocycles. The van der Waals surface area contributed by atoms with Crippen molar-refractivity contribution in [3.05, 3.63) is 47.5 Å². The van der Waals surface area contributed by atoms with Crippen molar-refractivity contribution in [1.82, 2.24) is 9.55 Å². The molecule has 9 heteroatoms. The molecule has 0 aliphatic heterocycles. The predicted octanol–water partition coefficient (Wildman–Crippen LogP) is 5.03. The van der Waals surface area contributed by atoms with Crippen molar-refractivity contribution in [3.8, 4) is 6.07 Å². The second kappa shape index (κ2) is 10.8. The third-order valence-electron chi connectivity index (χ3n) is 6.17. The smallest absolute Gasteiger partial charge is 0.326 e. The van der Waals surface area contributed by atoms with Crippen LogP contribution in [0, 0.1) is 24.2 Å². The van der Waals surface area contributed by atoms with Gasteiger partial charge in [-0.05, 0) is 69.5 Å². The van der Waals surface area contributed by atoms with Gasteiger partial charge in [0.1, 0.15) is 0 Å². The van der Waals surface area contributed by atoms with E-state index in [1.807, 2.05) is 32.9 Å². The van der Waals surface area contributed by atoms with Crippen LogP contribution < -0.4 is 15.5 Å². The van der Waals surface area contributed by atoms with Crippen LogP contribution in [0.4, 0.5) is 22.1 Å². The number of amides is 3. The van der Waals surface area contributed by atoms with E-state index in [-0.39, 0.29) is 24.3 Å². The van der Waals surface area contributed by atoms with Crippen molar-refractivity contribution >= 4 is 40.3 Å². The summed E-state index contributed by atoms with van der Waals surface area (Å²) in [5.74, 6) is 0.244. The summed E-state index contributed by atoms with van der Waals surface area (Å²) in [4.78, 5) is 31.9. The van der Waals surface area contributed by atoms with Crippen molar-refractivity contribution in [2.75, 3.05) is 22.6 Å². The van der Waals surface area contributed by atoms with Crippen LogP contribution in [0.25, 0.3) is 11.0 Å². The molecule has 1 aromatic heterocycles. The van der Waals surface area contributed by atoms with E-state index in [2.05, 4.69) is 21.7 Å². The van der Waals surface area contributed by atoms with E-state index in [1.54, 1.807) is 54.6 Å². The molecule has 0 bridgehead atoms. The largest absolute Gasteiger partial charge is 0.389 e. The maximum absolute atomic E-state index is 12.9. The Morgan fingerprint density at radius 2 is 1.86 bits per heavy atom.